The third kappa shape index (κ3) is 3.37. The van der Waals surface area contributed by atoms with E-state index in [1.807, 2.05) is 13.0 Å². The molecule has 0 aliphatic heterocycles. The van der Waals surface area contributed by atoms with Crippen LogP contribution < -0.4 is 5.73 Å². The maximum atomic E-state index is 13.6. The second kappa shape index (κ2) is 6.06. The van der Waals surface area contributed by atoms with Crippen molar-refractivity contribution in [2.75, 3.05) is 5.73 Å². The number of nitrogens with zero attached hydrogens (tertiary/aromatic N) is 1. The Morgan fingerprint density at radius 2 is 2.10 bits per heavy atom. The van der Waals surface area contributed by atoms with E-state index in [1.54, 1.807) is 18.2 Å². The number of rotatable bonds is 3. The number of nitrogens with two attached hydrogens (primary N) is 1. The first-order valence-corrected chi connectivity index (χ1v) is 6.23. The molecule has 4 nitrogen and oxygen atoms in total. The normalized spacial score (nSPS) is 9.95. The number of carbonyl (C=O) groups excluding carboxylic acids is 1. The van der Waals surface area contributed by atoms with E-state index in [9.17, 15) is 9.18 Å². The zero-order valence-corrected chi connectivity index (χ0v) is 11.4. The van der Waals surface area contributed by atoms with Crippen LogP contribution in [0, 0.1) is 24.1 Å². The average Bonchev–Trinajstić information content (AvgIpc) is 2.45. The third-order valence-electron chi connectivity index (χ3n) is 3.04. The fourth-order valence-corrected chi connectivity index (χ4v) is 1.85. The summed E-state index contributed by atoms with van der Waals surface area (Å²) in [6.07, 6.45) is 0. The van der Waals surface area contributed by atoms with Gasteiger partial charge in [0.05, 0.1) is 17.2 Å². The van der Waals surface area contributed by atoms with Crippen molar-refractivity contribution in [1.82, 2.24) is 0 Å². The van der Waals surface area contributed by atoms with E-state index in [4.69, 9.17) is 15.7 Å². The monoisotopic (exact) mass is 284 g/mol. The zero-order chi connectivity index (χ0) is 15.4. The lowest BCUT2D eigenvalue weighted by atomic mass is 10.1. The van der Waals surface area contributed by atoms with Crippen molar-refractivity contribution in [2.24, 2.45) is 0 Å². The Labute approximate surface area is 121 Å². The molecule has 0 unspecified atom stereocenters. The van der Waals surface area contributed by atoms with Crippen molar-refractivity contribution in [1.29, 1.82) is 5.26 Å². The zero-order valence-electron chi connectivity index (χ0n) is 11.4. The topological polar surface area (TPSA) is 76.1 Å². The smallest absolute Gasteiger partial charge is 0.341 e. The van der Waals surface area contributed by atoms with E-state index in [-0.39, 0.29) is 17.9 Å². The van der Waals surface area contributed by atoms with Crippen LogP contribution in [0.25, 0.3) is 0 Å². The Kier molecular flexibility index (Phi) is 4.19. The first kappa shape index (κ1) is 14.5. The van der Waals surface area contributed by atoms with Gasteiger partial charge in [0, 0.05) is 5.69 Å². The second-order valence-corrected chi connectivity index (χ2v) is 4.57. The fourth-order valence-electron chi connectivity index (χ4n) is 1.85. The highest BCUT2D eigenvalue weighted by molar-refractivity contribution is 5.90. The van der Waals surface area contributed by atoms with Gasteiger partial charge in [-0.1, -0.05) is 6.07 Å². The summed E-state index contributed by atoms with van der Waals surface area (Å²) in [5.41, 5.74) is 7.64. The quantitative estimate of drug-likeness (QED) is 0.694. The van der Waals surface area contributed by atoms with Crippen LogP contribution in [0.15, 0.2) is 36.4 Å². The van der Waals surface area contributed by atoms with Gasteiger partial charge in [-0.2, -0.15) is 5.26 Å². The molecule has 0 amide bonds. The first-order valence-electron chi connectivity index (χ1n) is 6.23. The summed E-state index contributed by atoms with van der Waals surface area (Å²) in [5, 5.41) is 8.79. The minimum absolute atomic E-state index is 0.0141. The lowest BCUT2D eigenvalue weighted by molar-refractivity contribution is 0.0467. The number of hydrogen-bond acceptors (Lipinski definition) is 4. The molecule has 106 valence electrons. The molecule has 0 radical (unpaired) electrons. The fraction of sp³-hybridized carbons (Fsp3) is 0.125. The van der Waals surface area contributed by atoms with E-state index < -0.39 is 11.8 Å². The molecule has 0 spiro atoms. The number of nitrogen functional groups attached to an aromatic ring is 1. The number of nitriles is 1. The van der Waals surface area contributed by atoms with Gasteiger partial charge in [0.2, 0.25) is 0 Å². The van der Waals surface area contributed by atoms with Gasteiger partial charge in [0.15, 0.2) is 0 Å². The number of carbonyl (C=O) groups is 1. The van der Waals surface area contributed by atoms with E-state index in [1.165, 1.54) is 12.1 Å². The van der Waals surface area contributed by atoms with Gasteiger partial charge in [-0.05, 0) is 48.4 Å². The molecule has 2 aromatic carbocycles. The molecule has 0 aliphatic rings. The summed E-state index contributed by atoms with van der Waals surface area (Å²) in [4.78, 5) is 11.8. The Morgan fingerprint density at radius 3 is 2.71 bits per heavy atom. The van der Waals surface area contributed by atoms with Gasteiger partial charge in [-0.15, -0.1) is 0 Å². The molecule has 0 aliphatic carbocycles. The van der Waals surface area contributed by atoms with Crippen molar-refractivity contribution >= 4 is 11.7 Å². The average molecular weight is 284 g/mol. The molecule has 0 fully saturated rings. The van der Waals surface area contributed by atoms with Crippen LogP contribution in [0.4, 0.5) is 10.1 Å². The second-order valence-electron chi connectivity index (χ2n) is 4.57. The maximum absolute atomic E-state index is 13.6. The molecule has 5 heteroatoms. The summed E-state index contributed by atoms with van der Waals surface area (Å²) in [6.45, 7) is 1.83. The van der Waals surface area contributed by atoms with E-state index in [0.29, 0.717) is 5.56 Å². The van der Waals surface area contributed by atoms with Crippen LogP contribution in [0.5, 0.6) is 0 Å². The van der Waals surface area contributed by atoms with Gasteiger partial charge < -0.3 is 10.5 Å². The van der Waals surface area contributed by atoms with Crippen molar-refractivity contribution in [3.63, 3.8) is 0 Å². The number of esters is 1. The lowest BCUT2D eigenvalue weighted by Gasteiger charge is -2.08. The van der Waals surface area contributed by atoms with E-state index in [2.05, 4.69) is 0 Å². The summed E-state index contributed by atoms with van der Waals surface area (Å²) in [7, 11) is 0. The van der Waals surface area contributed by atoms with E-state index in [0.717, 1.165) is 17.2 Å². The van der Waals surface area contributed by atoms with Crippen molar-refractivity contribution in [3.8, 4) is 6.07 Å². The predicted molar refractivity (Wildman–Crippen MR) is 75.8 cm³/mol. The van der Waals surface area contributed by atoms with Gasteiger partial charge in [-0.3, -0.25) is 0 Å². The molecular weight excluding hydrogens is 271 g/mol. The Bertz CT molecular complexity index is 736. The number of aryl methyl sites for hydroxylation is 1. The summed E-state index contributed by atoms with van der Waals surface area (Å²) in [5.74, 6) is -1.46. The van der Waals surface area contributed by atoms with Crippen LogP contribution in [0.2, 0.25) is 0 Å². The number of benzene rings is 2. The van der Waals surface area contributed by atoms with Gasteiger partial charge in [0.1, 0.15) is 12.4 Å². The molecule has 0 aromatic heterocycles. The Hall–Kier alpha value is -2.87. The van der Waals surface area contributed by atoms with Crippen molar-refractivity contribution < 1.29 is 13.9 Å². The molecule has 21 heavy (non-hydrogen) atoms. The highest BCUT2D eigenvalue weighted by atomic mass is 19.1. The van der Waals surface area contributed by atoms with Crippen LogP contribution >= 0.6 is 0 Å². The summed E-state index contributed by atoms with van der Waals surface area (Å²) >= 11 is 0. The molecule has 0 heterocycles. The van der Waals surface area contributed by atoms with Crippen LogP contribution in [0.1, 0.15) is 27.0 Å². The standard InChI is InChI=1S/C16H13FN2O2/c1-10-6-11(8-18)2-3-12(10)9-21-16(20)14-5-4-13(19)7-15(14)17/h2-7H,9,19H2,1H3. The van der Waals surface area contributed by atoms with Gasteiger partial charge in [0.25, 0.3) is 0 Å². The summed E-state index contributed by atoms with van der Waals surface area (Å²) in [6, 6.07) is 10.9. The molecule has 2 N–H and O–H groups in total. The molecule has 2 aromatic rings. The first-order chi connectivity index (χ1) is 10.0. The minimum atomic E-state index is -0.753. The van der Waals surface area contributed by atoms with Crippen LogP contribution in [-0.2, 0) is 11.3 Å². The van der Waals surface area contributed by atoms with Crippen molar-refractivity contribution in [2.45, 2.75) is 13.5 Å². The number of hydrogen-bond donors (Lipinski definition) is 1. The number of halogens is 1. The highest BCUT2D eigenvalue weighted by Crippen LogP contribution is 2.16. The van der Waals surface area contributed by atoms with Gasteiger partial charge >= 0.3 is 5.97 Å². The highest BCUT2D eigenvalue weighted by Gasteiger charge is 2.14. The predicted octanol–water partition coefficient (Wildman–Crippen LogP) is 2.95. The molecule has 2 rings (SSSR count). The van der Waals surface area contributed by atoms with E-state index >= 15 is 0 Å². The molecule has 0 atom stereocenters. The van der Waals surface area contributed by atoms with Crippen LogP contribution in [-0.4, -0.2) is 5.97 Å². The largest absolute Gasteiger partial charge is 0.457 e. The molecule has 0 bridgehead atoms. The van der Waals surface area contributed by atoms with Crippen molar-refractivity contribution in [3.05, 3.63) is 64.5 Å². The molecule has 0 saturated heterocycles. The third-order valence-corrected chi connectivity index (χ3v) is 3.04. The van der Waals surface area contributed by atoms with Crippen LogP contribution in [0.3, 0.4) is 0 Å². The number of ether oxygens (including phenoxy) is 1. The minimum Gasteiger partial charge on any atom is -0.457 e. The SMILES string of the molecule is Cc1cc(C#N)ccc1COC(=O)c1ccc(N)cc1F. The Morgan fingerprint density at radius 1 is 1.33 bits per heavy atom. The Balaban J connectivity index is 2.09. The molecule has 0 saturated carbocycles. The molecular formula is C16H13FN2O2. The van der Waals surface area contributed by atoms with Gasteiger partial charge in [-0.25, -0.2) is 9.18 Å². The number of anilines is 1. The maximum Gasteiger partial charge on any atom is 0.341 e. The summed E-state index contributed by atoms with van der Waals surface area (Å²) < 4.78 is 18.7. The lowest BCUT2D eigenvalue weighted by Crippen LogP contribution is -2.08.